The van der Waals surface area contributed by atoms with E-state index in [4.69, 9.17) is 6.42 Å². The van der Waals surface area contributed by atoms with Gasteiger partial charge in [0.2, 0.25) is 0 Å². The summed E-state index contributed by atoms with van der Waals surface area (Å²) in [4.78, 5) is 0. The molecule has 1 nitrogen and oxygen atoms in total. The summed E-state index contributed by atoms with van der Waals surface area (Å²) in [6, 6.07) is 8.15. The minimum absolute atomic E-state index is 0.586. The molecule has 1 heteroatoms. The van der Waals surface area contributed by atoms with Crippen LogP contribution in [0.3, 0.4) is 0 Å². The van der Waals surface area contributed by atoms with Crippen molar-refractivity contribution in [3.63, 3.8) is 0 Å². The van der Waals surface area contributed by atoms with Crippen LogP contribution in [-0.4, -0.2) is 6.54 Å². The van der Waals surface area contributed by atoms with Gasteiger partial charge in [0.1, 0.15) is 0 Å². The summed E-state index contributed by atoms with van der Waals surface area (Å²) in [7, 11) is 0. The molecule has 11 heavy (non-hydrogen) atoms. The van der Waals surface area contributed by atoms with Gasteiger partial charge < -0.3 is 5.32 Å². The molecule has 0 atom stereocenters. The highest BCUT2D eigenvalue weighted by atomic mass is 14.8. The van der Waals surface area contributed by atoms with Crippen molar-refractivity contribution in [2.45, 2.75) is 6.92 Å². The molecule has 0 unspecified atom stereocenters. The Morgan fingerprint density at radius 3 is 2.55 bits per heavy atom. The van der Waals surface area contributed by atoms with Crippen LogP contribution in [0.15, 0.2) is 24.3 Å². The quantitative estimate of drug-likeness (QED) is 0.628. The van der Waals surface area contributed by atoms with Crippen LogP contribution in [0.25, 0.3) is 0 Å². The fourth-order valence-corrected chi connectivity index (χ4v) is 0.825. The number of terminal acetylenes is 1. The third kappa shape index (κ3) is 2.35. The molecule has 0 bridgehead atoms. The molecule has 0 saturated carbocycles. The van der Waals surface area contributed by atoms with Crippen LogP contribution in [0, 0.1) is 19.3 Å². The number of benzene rings is 1. The van der Waals surface area contributed by atoms with Crippen molar-refractivity contribution in [2.75, 3.05) is 11.9 Å². The maximum atomic E-state index is 5.09. The SMILES string of the molecule is C#CCNc1ccc(C)cc1. The lowest BCUT2D eigenvalue weighted by molar-refractivity contribution is 1.36. The molecule has 0 aliphatic heterocycles. The zero-order valence-electron chi connectivity index (χ0n) is 6.59. The first-order valence-electron chi connectivity index (χ1n) is 3.57. The van der Waals surface area contributed by atoms with Gasteiger partial charge in [-0.05, 0) is 19.1 Å². The largest absolute Gasteiger partial charge is 0.374 e. The minimum atomic E-state index is 0.586. The van der Waals surface area contributed by atoms with Gasteiger partial charge in [-0.25, -0.2) is 0 Å². The van der Waals surface area contributed by atoms with Crippen LogP contribution in [0.4, 0.5) is 5.69 Å². The fraction of sp³-hybridized carbons (Fsp3) is 0.200. The van der Waals surface area contributed by atoms with E-state index in [1.807, 2.05) is 12.1 Å². The van der Waals surface area contributed by atoms with Crippen molar-refractivity contribution < 1.29 is 0 Å². The summed E-state index contributed by atoms with van der Waals surface area (Å²) < 4.78 is 0. The Morgan fingerprint density at radius 1 is 1.36 bits per heavy atom. The second kappa shape index (κ2) is 3.68. The molecule has 1 aromatic carbocycles. The van der Waals surface area contributed by atoms with E-state index in [-0.39, 0.29) is 0 Å². The zero-order chi connectivity index (χ0) is 8.10. The molecule has 0 fully saturated rings. The van der Waals surface area contributed by atoms with Crippen molar-refractivity contribution in [1.82, 2.24) is 0 Å². The lowest BCUT2D eigenvalue weighted by Crippen LogP contribution is -1.97. The molecule has 1 rings (SSSR count). The summed E-state index contributed by atoms with van der Waals surface area (Å²) in [5.41, 5.74) is 2.34. The lowest BCUT2D eigenvalue weighted by atomic mass is 10.2. The van der Waals surface area contributed by atoms with Gasteiger partial charge in [0.25, 0.3) is 0 Å². The molecule has 0 heterocycles. The van der Waals surface area contributed by atoms with E-state index < -0.39 is 0 Å². The second-order valence-corrected chi connectivity index (χ2v) is 2.42. The van der Waals surface area contributed by atoms with E-state index in [0.717, 1.165) is 5.69 Å². The van der Waals surface area contributed by atoms with Gasteiger partial charge >= 0.3 is 0 Å². The monoisotopic (exact) mass is 145 g/mol. The molecule has 1 N–H and O–H groups in total. The highest BCUT2D eigenvalue weighted by molar-refractivity contribution is 5.45. The Hall–Kier alpha value is -1.42. The molecule has 0 amide bonds. The van der Waals surface area contributed by atoms with Crippen LogP contribution in [0.5, 0.6) is 0 Å². The van der Waals surface area contributed by atoms with Gasteiger partial charge in [-0.3, -0.25) is 0 Å². The number of aryl methyl sites for hydroxylation is 1. The summed E-state index contributed by atoms with van der Waals surface area (Å²) >= 11 is 0. The van der Waals surface area contributed by atoms with Crippen molar-refractivity contribution in [2.24, 2.45) is 0 Å². The summed E-state index contributed by atoms with van der Waals surface area (Å²) in [5.74, 6) is 2.52. The van der Waals surface area contributed by atoms with Gasteiger partial charge in [-0.15, -0.1) is 6.42 Å². The minimum Gasteiger partial charge on any atom is -0.374 e. The number of rotatable bonds is 2. The van der Waals surface area contributed by atoms with Crippen molar-refractivity contribution in [3.05, 3.63) is 29.8 Å². The van der Waals surface area contributed by atoms with Gasteiger partial charge in [0, 0.05) is 5.69 Å². The van der Waals surface area contributed by atoms with Gasteiger partial charge in [0.15, 0.2) is 0 Å². The maximum Gasteiger partial charge on any atom is 0.0763 e. The molecular weight excluding hydrogens is 134 g/mol. The average Bonchev–Trinajstić information content (AvgIpc) is 2.04. The Kier molecular flexibility index (Phi) is 2.57. The number of hydrogen-bond donors (Lipinski definition) is 1. The van der Waals surface area contributed by atoms with E-state index in [9.17, 15) is 0 Å². The molecule has 0 aliphatic carbocycles. The fourth-order valence-electron chi connectivity index (χ4n) is 0.825. The van der Waals surface area contributed by atoms with Crippen LogP contribution >= 0.6 is 0 Å². The number of anilines is 1. The van der Waals surface area contributed by atoms with E-state index in [2.05, 4.69) is 30.3 Å². The van der Waals surface area contributed by atoms with Gasteiger partial charge in [-0.1, -0.05) is 23.6 Å². The smallest absolute Gasteiger partial charge is 0.0763 e. The molecule has 0 aromatic heterocycles. The molecule has 0 saturated heterocycles. The van der Waals surface area contributed by atoms with E-state index >= 15 is 0 Å². The highest BCUT2D eigenvalue weighted by Gasteiger charge is 1.86. The first kappa shape index (κ1) is 7.68. The molecular formula is C10H11N. The lowest BCUT2D eigenvalue weighted by Gasteiger charge is -2.01. The van der Waals surface area contributed by atoms with E-state index in [0.29, 0.717) is 6.54 Å². The maximum absolute atomic E-state index is 5.09. The standard InChI is InChI=1S/C10H11N/c1-3-8-11-10-6-4-9(2)5-7-10/h1,4-7,11H,8H2,2H3. The topological polar surface area (TPSA) is 12.0 Å². The summed E-state index contributed by atoms with van der Waals surface area (Å²) in [5, 5.41) is 3.09. The Bertz CT molecular complexity index is 253. The first-order chi connectivity index (χ1) is 5.33. The van der Waals surface area contributed by atoms with Crippen LogP contribution < -0.4 is 5.32 Å². The Balaban J connectivity index is 2.60. The van der Waals surface area contributed by atoms with Crippen LogP contribution in [-0.2, 0) is 0 Å². The van der Waals surface area contributed by atoms with Crippen LogP contribution in [0.2, 0.25) is 0 Å². The molecule has 1 aromatic rings. The van der Waals surface area contributed by atoms with E-state index in [1.54, 1.807) is 0 Å². The number of hydrogen-bond acceptors (Lipinski definition) is 1. The van der Waals surface area contributed by atoms with Crippen molar-refractivity contribution in [3.8, 4) is 12.3 Å². The first-order valence-corrected chi connectivity index (χ1v) is 3.57. The zero-order valence-corrected chi connectivity index (χ0v) is 6.59. The Labute approximate surface area is 67.4 Å². The molecule has 56 valence electrons. The van der Waals surface area contributed by atoms with Crippen LogP contribution in [0.1, 0.15) is 5.56 Å². The second-order valence-electron chi connectivity index (χ2n) is 2.42. The number of nitrogens with one attached hydrogen (secondary N) is 1. The highest BCUT2D eigenvalue weighted by Crippen LogP contribution is 2.07. The summed E-state index contributed by atoms with van der Waals surface area (Å²) in [6.45, 7) is 2.65. The third-order valence-corrected chi connectivity index (χ3v) is 1.45. The van der Waals surface area contributed by atoms with Gasteiger partial charge in [0.05, 0.1) is 6.54 Å². The normalized spacial score (nSPS) is 8.73. The van der Waals surface area contributed by atoms with Crippen molar-refractivity contribution >= 4 is 5.69 Å². The molecule has 0 aliphatic rings. The Morgan fingerprint density at radius 2 is 2.00 bits per heavy atom. The summed E-state index contributed by atoms with van der Waals surface area (Å²) in [6.07, 6.45) is 5.09. The predicted octanol–water partition coefficient (Wildman–Crippen LogP) is 2.04. The third-order valence-electron chi connectivity index (χ3n) is 1.45. The van der Waals surface area contributed by atoms with E-state index in [1.165, 1.54) is 5.56 Å². The van der Waals surface area contributed by atoms with Gasteiger partial charge in [-0.2, -0.15) is 0 Å². The average molecular weight is 145 g/mol. The van der Waals surface area contributed by atoms with Crippen molar-refractivity contribution in [1.29, 1.82) is 0 Å². The predicted molar refractivity (Wildman–Crippen MR) is 48.5 cm³/mol. The molecule has 0 radical (unpaired) electrons. The molecule has 0 spiro atoms.